The van der Waals surface area contributed by atoms with Crippen LogP contribution >= 0.6 is 24.4 Å². The number of furan rings is 1. The lowest BCUT2D eigenvalue weighted by Gasteiger charge is -2.28. The molecule has 0 aromatic carbocycles. The predicted molar refractivity (Wildman–Crippen MR) is 71.7 cm³/mol. The van der Waals surface area contributed by atoms with Gasteiger partial charge in [-0.05, 0) is 35.0 Å². The summed E-state index contributed by atoms with van der Waals surface area (Å²) in [7, 11) is 0. The Hall–Kier alpha value is -0.0200. The van der Waals surface area contributed by atoms with Crippen LogP contribution in [0, 0.1) is 11.3 Å². The quantitative estimate of drug-likeness (QED) is 0.783. The van der Waals surface area contributed by atoms with E-state index >= 15 is 0 Å². The van der Waals surface area contributed by atoms with Gasteiger partial charge in [-0.3, -0.25) is 0 Å². The van der Waals surface area contributed by atoms with E-state index in [2.05, 4.69) is 33.4 Å². The summed E-state index contributed by atoms with van der Waals surface area (Å²) in [4.78, 5) is 0. The molecule has 1 rings (SSSR count). The van der Waals surface area contributed by atoms with E-state index in [0.717, 1.165) is 23.0 Å². The average Bonchev–Trinajstić information content (AvgIpc) is 2.62. The second-order valence-corrected chi connectivity index (χ2v) is 6.24. The van der Waals surface area contributed by atoms with Gasteiger partial charge in [0.15, 0.2) is 0 Å². The van der Waals surface area contributed by atoms with Gasteiger partial charge in [-0.15, -0.1) is 0 Å². The Bertz CT molecular complexity index is 262. The van der Waals surface area contributed by atoms with Gasteiger partial charge in [0.05, 0.1) is 12.0 Å². The minimum atomic E-state index is 0.345. The standard InChI is InChI=1S/C12H20OS2/c1-12(2,3)10(7-14)8-15-9-11-5-4-6-13-11/h4-6,10,14H,7-9H2,1-3H3. The third kappa shape index (κ3) is 4.56. The molecule has 0 fully saturated rings. The predicted octanol–water partition coefficient (Wildman–Crippen LogP) is 4.10. The van der Waals surface area contributed by atoms with Crippen molar-refractivity contribution in [3.8, 4) is 0 Å². The summed E-state index contributed by atoms with van der Waals surface area (Å²) >= 11 is 6.35. The third-order valence-electron chi connectivity index (χ3n) is 2.59. The van der Waals surface area contributed by atoms with E-state index in [9.17, 15) is 0 Å². The smallest absolute Gasteiger partial charge is 0.113 e. The van der Waals surface area contributed by atoms with Crippen molar-refractivity contribution in [2.24, 2.45) is 11.3 Å². The molecular weight excluding hydrogens is 224 g/mol. The molecule has 86 valence electrons. The first-order valence-corrected chi connectivity index (χ1v) is 7.03. The van der Waals surface area contributed by atoms with Crippen molar-refractivity contribution in [3.05, 3.63) is 24.2 Å². The first-order valence-electron chi connectivity index (χ1n) is 5.25. The van der Waals surface area contributed by atoms with E-state index in [-0.39, 0.29) is 0 Å². The molecule has 1 heterocycles. The molecule has 0 saturated heterocycles. The fourth-order valence-corrected chi connectivity index (χ4v) is 3.51. The van der Waals surface area contributed by atoms with Crippen LogP contribution in [0.25, 0.3) is 0 Å². The SMILES string of the molecule is CC(C)(C)C(CS)CSCc1ccco1. The van der Waals surface area contributed by atoms with Crippen LogP contribution in [0.2, 0.25) is 0 Å². The molecule has 0 aliphatic heterocycles. The number of thioether (sulfide) groups is 1. The lowest BCUT2D eigenvalue weighted by molar-refractivity contribution is 0.294. The topological polar surface area (TPSA) is 13.1 Å². The molecule has 1 unspecified atom stereocenters. The number of thiol groups is 1. The van der Waals surface area contributed by atoms with Gasteiger partial charge in [-0.2, -0.15) is 24.4 Å². The van der Waals surface area contributed by atoms with Crippen LogP contribution in [0.15, 0.2) is 22.8 Å². The van der Waals surface area contributed by atoms with E-state index in [4.69, 9.17) is 4.42 Å². The zero-order chi connectivity index (χ0) is 11.3. The molecule has 0 aliphatic carbocycles. The van der Waals surface area contributed by atoms with Gasteiger partial charge in [-0.25, -0.2) is 0 Å². The molecule has 1 aromatic rings. The van der Waals surface area contributed by atoms with Crippen LogP contribution in [-0.4, -0.2) is 11.5 Å². The Morgan fingerprint density at radius 1 is 1.47 bits per heavy atom. The Morgan fingerprint density at radius 3 is 2.67 bits per heavy atom. The van der Waals surface area contributed by atoms with Crippen molar-refractivity contribution in [2.45, 2.75) is 26.5 Å². The van der Waals surface area contributed by atoms with Crippen molar-refractivity contribution in [1.82, 2.24) is 0 Å². The van der Waals surface area contributed by atoms with Crippen LogP contribution in [0.4, 0.5) is 0 Å². The molecule has 1 aromatic heterocycles. The van der Waals surface area contributed by atoms with Crippen LogP contribution in [0.3, 0.4) is 0 Å². The zero-order valence-electron chi connectivity index (χ0n) is 9.69. The molecule has 15 heavy (non-hydrogen) atoms. The van der Waals surface area contributed by atoms with Gasteiger partial charge in [0, 0.05) is 0 Å². The van der Waals surface area contributed by atoms with Crippen LogP contribution in [0.5, 0.6) is 0 Å². The summed E-state index contributed by atoms with van der Waals surface area (Å²) in [5, 5.41) is 0. The van der Waals surface area contributed by atoms with Gasteiger partial charge in [-0.1, -0.05) is 20.8 Å². The Kier molecular flexibility index (Phi) is 5.13. The molecule has 0 spiro atoms. The highest BCUT2D eigenvalue weighted by molar-refractivity contribution is 7.98. The summed E-state index contributed by atoms with van der Waals surface area (Å²) in [6, 6.07) is 3.97. The van der Waals surface area contributed by atoms with Crippen molar-refractivity contribution in [3.63, 3.8) is 0 Å². The maximum atomic E-state index is 5.29. The minimum Gasteiger partial charge on any atom is -0.468 e. The van der Waals surface area contributed by atoms with Crippen LogP contribution in [0.1, 0.15) is 26.5 Å². The van der Waals surface area contributed by atoms with E-state index in [1.807, 2.05) is 23.9 Å². The lowest BCUT2D eigenvalue weighted by Crippen LogP contribution is -2.24. The van der Waals surface area contributed by atoms with Crippen molar-refractivity contribution >= 4 is 24.4 Å². The largest absolute Gasteiger partial charge is 0.468 e. The first kappa shape index (κ1) is 13.0. The van der Waals surface area contributed by atoms with E-state index in [1.54, 1.807) is 6.26 Å². The van der Waals surface area contributed by atoms with Gasteiger partial charge in [0.1, 0.15) is 5.76 Å². The molecular formula is C12H20OS2. The summed E-state index contributed by atoms with van der Waals surface area (Å²) in [6.07, 6.45) is 1.73. The van der Waals surface area contributed by atoms with Gasteiger partial charge in [0.2, 0.25) is 0 Å². The summed E-state index contributed by atoms with van der Waals surface area (Å²) < 4.78 is 5.29. The highest BCUT2D eigenvalue weighted by atomic mass is 32.2. The highest BCUT2D eigenvalue weighted by Gasteiger charge is 2.22. The lowest BCUT2D eigenvalue weighted by atomic mass is 9.83. The van der Waals surface area contributed by atoms with E-state index < -0.39 is 0 Å². The molecule has 0 saturated carbocycles. The molecule has 0 N–H and O–H groups in total. The van der Waals surface area contributed by atoms with Crippen LogP contribution < -0.4 is 0 Å². The minimum absolute atomic E-state index is 0.345. The van der Waals surface area contributed by atoms with E-state index in [1.165, 1.54) is 0 Å². The molecule has 0 amide bonds. The number of rotatable bonds is 5. The van der Waals surface area contributed by atoms with Crippen molar-refractivity contribution in [1.29, 1.82) is 0 Å². The van der Waals surface area contributed by atoms with Crippen molar-refractivity contribution < 1.29 is 4.42 Å². The monoisotopic (exact) mass is 244 g/mol. The van der Waals surface area contributed by atoms with E-state index in [0.29, 0.717) is 11.3 Å². The molecule has 1 atom stereocenters. The maximum Gasteiger partial charge on any atom is 0.113 e. The number of hydrogen-bond donors (Lipinski definition) is 1. The summed E-state index contributed by atoms with van der Waals surface area (Å²) in [6.45, 7) is 6.84. The fraction of sp³-hybridized carbons (Fsp3) is 0.667. The van der Waals surface area contributed by atoms with Crippen molar-refractivity contribution in [2.75, 3.05) is 11.5 Å². The second kappa shape index (κ2) is 5.90. The average molecular weight is 244 g/mol. The molecule has 0 radical (unpaired) electrons. The Morgan fingerprint density at radius 2 is 2.20 bits per heavy atom. The third-order valence-corrected chi connectivity index (χ3v) is 4.16. The Balaban J connectivity index is 2.29. The molecule has 1 nitrogen and oxygen atoms in total. The van der Waals surface area contributed by atoms with Gasteiger partial charge >= 0.3 is 0 Å². The van der Waals surface area contributed by atoms with Gasteiger partial charge in [0.25, 0.3) is 0 Å². The summed E-state index contributed by atoms with van der Waals surface area (Å²) in [5.41, 5.74) is 0.345. The first-order chi connectivity index (χ1) is 7.04. The highest BCUT2D eigenvalue weighted by Crippen LogP contribution is 2.30. The second-order valence-electron chi connectivity index (χ2n) is 4.84. The maximum absolute atomic E-state index is 5.29. The molecule has 0 aliphatic rings. The number of hydrogen-bond acceptors (Lipinski definition) is 3. The normalized spacial score (nSPS) is 14.1. The zero-order valence-corrected chi connectivity index (χ0v) is 11.4. The summed E-state index contributed by atoms with van der Waals surface area (Å²) in [5.74, 6) is 4.78. The van der Waals surface area contributed by atoms with Crippen LogP contribution in [-0.2, 0) is 5.75 Å². The Labute approximate surface area is 102 Å². The van der Waals surface area contributed by atoms with Gasteiger partial charge < -0.3 is 4.42 Å². The molecule has 3 heteroatoms. The molecule has 0 bridgehead atoms. The fourth-order valence-electron chi connectivity index (χ4n) is 1.27.